The third kappa shape index (κ3) is 4.49. The maximum atomic E-state index is 6.21. The molecule has 0 radical (unpaired) electrons. The van der Waals surface area contributed by atoms with Crippen LogP contribution in [0.3, 0.4) is 0 Å². The van der Waals surface area contributed by atoms with E-state index in [1.54, 1.807) is 12.1 Å². The van der Waals surface area contributed by atoms with Gasteiger partial charge in [0.2, 0.25) is 5.95 Å². The molecule has 1 aromatic carbocycles. The zero-order valence-corrected chi connectivity index (χ0v) is 14.6. The molecule has 1 heterocycles. The predicted molar refractivity (Wildman–Crippen MR) is 97.0 cm³/mol. The third-order valence-electron chi connectivity index (χ3n) is 3.99. The van der Waals surface area contributed by atoms with E-state index in [-0.39, 0.29) is 0 Å². The summed E-state index contributed by atoms with van der Waals surface area (Å²) in [6.07, 6.45) is 6.24. The molecule has 1 fully saturated rings. The summed E-state index contributed by atoms with van der Waals surface area (Å²) in [7, 11) is 0. The highest BCUT2D eigenvalue weighted by molar-refractivity contribution is 6.36. The van der Waals surface area contributed by atoms with Crippen LogP contribution in [-0.2, 0) is 0 Å². The number of nitrogens with zero attached hydrogens (tertiary/aromatic N) is 2. The molecule has 23 heavy (non-hydrogen) atoms. The van der Waals surface area contributed by atoms with Gasteiger partial charge in [0, 0.05) is 22.8 Å². The second-order valence-electron chi connectivity index (χ2n) is 5.95. The smallest absolute Gasteiger partial charge is 0.225 e. The van der Waals surface area contributed by atoms with Crippen molar-refractivity contribution in [3.8, 4) is 0 Å². The van der Waals surface area contributed by atoms with Gasteiger partial charge in [-0.1, -0.05) is 42.5 Å². The molecule has 4 nitrogen and oxygen atoms in total. The largest absolute Gasteiger partial charge is 0.351 e. The van der Waals surface area contributed by atoms with E-state index in [0.717, 1.165) is 17.2 Å². The number of hydrogen-bond donors (Lipinski definition) is 2. The molecule has 2 aromatic rings. The number of nitrogens with one attached hydrogen (secondary N) is 2. The second kappa shape index (κ2) is 7.37. The van der Waals surface area contributed by atoms with Crippen molar-refractivity contribution in [1.82, 2.24) is 9.97 Å². The summed E-state index contributed by atoms with van der Waals surface area (Å²) in [4.78, 5) is 9.05. The molecule has 122 valence electrons. The van der Waals surface area contributed by atoms with Crippen LogP contribution in [0.2, 0.25) is 10.0 Å². The standard InChI is InChI=1S/C17H20Cl2N4/c1-11-9-16(22-15-8-7-12(18)10-14(15)19)23-17(20-11)21-13-5-3-2-4-6-13/h7-10,13H,2-6H2,1H3,(H2,20,21,22,23). The van der Waals surface area contributed by atoms with Crippen molar-refractivity contribution in [3.63, 3.8) is 0 Å². The number of aryl methyl sites for hydroxylation is 1. The fourth-order valence-corrected chi connectivity index (χ4v) is 3.31. The molecule has 1 aliphatic carbocycles. The van der Waals surface area contributed by atoms with Crippen LogP contribution in [0.25, 0.3) is 0 Å². The molecule has 3 rings (SSSR count). The van der Waals surface area contributed by atoms with Gasteiger partial charge in [0.1, 0.15) is 5.82 Å². The summed E-state index contributed by atoms with van der Waals surface area (Å²) in [5.74, 6) is 1.39. The summed E-state index contributed by atoms with van der Waals surface area (Å²) in [6, 6.07) is 7.72. The lowest BCUT2D eigenvalue weighted by Gasteiger charge is -2.23. The zero-order chi connectivity index (χ0) is 16.2. The molecule has 0 saturated heterocycles. The van der Waals surface area contributed by atoms with E-state index in [4.69, 9.17) is 23.2 Å². The van der Waals surface area contributed by atoms with E-state index in [1.807, 2.05) is 19.1 Å². The van der Waals surface area contributed by atoms with Crippen LogP contribution in [0, 0.1) is 6.92 Å². The Kier molecular flexibility index (Phi) is 5.23. The maximum Gasteiger partial charge on any atom is 0.225 e. The van der Waals surface area contributed by atoms with E-state index >= 15 is 0 Å². The van der Waals surface area contributed by atoms with Crippen molar-refractivity contribution in [2.75, 3.05) is 10.6 Å². The molecule has 0 unspecified atom stereocenters. The van der Waals surface area contributed by atoms with Gasteiger partial charge in [-0.15, -0.1) is 0 Å². The van der Waals surface area contributed by atoms with Crippen LogP contribution in [0.1, 0.15) is 37.8 Å². The Bertz CT molecular complexity index is 684. The van der Waals surface area contributed by atoms with Gasteiger partial charge in [-0.3, -0.25) is 0 Å². The van der Waals surface area contributed by atoms with Gasteiger partial charge in [-0.25, -0.2) is 4.98 Å². The molecule has 1 saturated carbocycles. The lowest BCUT2D eigenvalue weighted by atomic mass is 9.96. The van der Waals surface area contributed by atoms with Gasteiger partial charge in [-0.05, 0) is 38.0 Å². The van der Waals surface area contributed by atoms with E-state index in [1.165, 1.54) is 32.1 Å². The lowest BCUT2D eigenvalue weighted by molar-refractivity contribution is 0.461. The van der Waals surface area contributed by atoms with Gasteiger partial charge in [-0.2, -0.15) is 4.98 Å². The highest BCUT2D eigenvalue weighted by atomic mass is 35.5. The second-order valence-corrected chi connectivity index (χ2v) is 6.79. The summed E-state index contributed by atoms with van der Waals surface area (Å²) in [5.41, 5.74) is 1.68. The SMILES string of the molecule is Cc1cc(Nc2ccc(Cl)cc2Cl)nc(NC2CCCCC2)n1. The van der Waals surface area contributed by atoms with Crippen molar-refractivity contribution in [3.05, 3.63) is 40.0 Å². The quantitative estimate of drug-likeness (QED) is 0.755. The summed E-state index contributed by atoms with van der Waals surface area (Å²) in [6.45, 7) is 1.96. The van der Waals surface area contributed by atoms with Gasteiger partial charge in [0.05, 0.1) is 10.7 Å². The molecular weight excluding hydrogens is 331 g/mol. The first kappa shape index (κ1) is 16.3. The van der Waals surface area contributed by atoms with Crippen LogP contribution >= 0.6 is 23.2 Å². The zero-order valence-electron chi connectivity index (χ0n) is 13.1. The normalized spacial score (nSPS) is 15.4. The summed E-state index contributed by atoms with van der Waals surface area (Å²) in [5, 5.41) is 7.87. The van der Waals surface area contributed by atoms with Crippen molar-refractivity contribution in [1.29, 1.82) is 0 Å². The first-order valence-electron chi connectivity index (χ1n) is 7.94. The lowest BCUT2D eigenvalue weighted by Crippen LogP contribution is -2.23. The Labute approximate surface area is 146 Å². The Morgan fingerprint density at radius 1 is 1.04 bits per heavy atom. The van der Waals surface area contributed by atoms with Gasteiger partial charge >= 0.3 is 0 Å². The minimum Gasteiger partial charge on any atom is -0.351 e. The predicted octanol–water partition coefficient (Wildman–Crippen LogP) is 5.58. The van der Waals surface area contributed by atoms with E-state index in [2.05, 4.69) is 20.6 Å². The van der Waals surface area contributed by atoms with Crippen molar-refractivity contribution < 1.29 is 0 Å². The number of rotatable bonds is 4. The third-order valence-corrected chi connectivity index (χ3v) is 4.53. The number of benzene rings is 1. The van der Waals surface area contributed by atoms with Gasteiger partial charge < -0.3 is 10.6 Å². The molecule has 0 bridgehead atoms. The summed E-state index contributed by atoms with van der Waals surface area (Å²) < 4.78 is 0. The summed E-state index contributed by atoms with van der Waals surface area (Å²) >= 11 is 12.1. The molecule has 0 spiro atoms. The average Bonchev–Trinajstić information content (AvgIpc) is 2.50. The molecule has 0 amide bonds. The minimum absolute atomic E-state index is 0.470. The van der Waals surface area contributed by atoms with Crippen LogP contribution in [0.5, 0.6) is 0 Å². The Balaban J connectivity index is 1.76. The number of aromatic nitrogens is 2. The molecular formula is C17H20Cl2N4. The molecule has 6 heteroatoms. The average molecular weight is 351 g/mol. The number of hydrogen-bond acceptors (Lipinski definition) is 4. The number of anilines is 3. The topological polar surface area (TPSA) is 49.8 Å². The minimum atomic E-state index is 0.470. The maximum absolute atomic E-state index is 6.21. The number of halogens is 2. The van der Waals surface area contributed by atoms with Crippen molar-refractivity contribution in [2.45, 2.75) is 45.1 Å². The first-order chi connectivity index (χ1) is 11.1. The van der Waals surface area contributed by atoms with E-state index in [9.17, 15) is 0 Å². The van der Waals surface area contributed by atoms with Crippen LogP contribution in [0.15, 0.2) is 24.3 Å². The van der Waals surface area contributed by atoms with Crippen LogP contribution in [-0.4, -0.2) is 16.0 Å². The van der Waals surface area contributed by atoms with Crippen molar-refractivity contribution in [2.24, 2.45) is 0 Å². The molecule has 0 aliphatic heterocycles. The molecule has 2 N–H and O–H groups in total. The first-order valence-corrected chi connectivity index (χ1v) is 8.70. The fourth-order valence-electron chi connectivity index (χ4n) is 2.86. The monoisotopic (exact) mass is 350 g/mol. The molecule has 1 aliphatic rings. The van der Waals surface area contributed by atoms with Gasteiger partial charge in [0.15, 0.2) is 0 Å². The Hall–Kier alpha value is -1.52. The molecule has 1 aromatic heterocycles. The van der Waals surface area contributed by atoms with Crippen LogP contribution in [0.4, 0.5) is 17.5 Å². The van der Waals surface area contributed by atoms with Crippen molar-refractivity contribution >= 4 is 40.7 Å². The molecule has 0 atom stereocenters. The van der Waals surface area contributed by atoms with E-state index < -0.39 is 0 Å². The van der Waals surface area contributed by atoms with E-state index in [0.29, 0.717) is 22.0 Å². The van der Waals surface area contributed by atoms with Gasteiger partial charge in [0.25, 0.3) is 0 Å². The van der Waals surface area contributed by atoms with Crippen LogP contribution < -0.4 is 10.6 Å². The highest BCUT2D eigenvalue weighted by Gasteiger charge is 2.15. The fraction of sp³-hybridized carbons (Fsp3) is 0.412. The highest BCUT2D eigenvalue weighted by Crippen LogP contribution is 2.28. The Morgan fingerprint density at radius 3 is 2.57 bits per heavy atom. The Morgan fingerprint density at radius 2 is 1.83 bits per heavy atom.